The summed E-state index contributed by atoms with van der Waals surface area (Å²) in [4.78, 5) is 19.5. The highest BCUT2D eigenvalue weighted by Crippen LogP contribution is 2.36. The minimum atomic E-state index is -4.73. The summed E-state index contributed by atoms with van der Waals surface area (Å²) in [5, 5.41) is -0.00844. The number of piperazine rings is 1. The lowest BCUT2D eigenvalue weighted by atomic mass is 9.79. The summed E-state index contributed by atoms with van der Waals surface area (Å²) in [5.74, 6) is -0.978. The number of hydrogen-bond acceptors (Lipinski definition) is 5. The Bertz CT molecular complexity index is 683. The molecule has 7 atom stereocenters. The summed E-state index contributed by atoms with van der Waals surface area (Å²) < 4.78 is 58.1. The van der Waals surface area contributed by atoms with Crippen LogP contribution in [0.4, 0.5) is 22.4 Å². The van der Waals surface area contributed by atoms with E-state index in [0.29, 0.717) is 32.4 Å². The van der Waals surface area contributed by atoms with Gasteiger partial charge in [0.15, 0.2) is 0 Å². The number of likely N-dealkylation sites (N-methyl/N-ethyl adjacent to an activating group) is 1. The molecule has 0 bridgehead atoms. The van der Waals surface area contributed by atoms with Crippen molar-refractivity contribution in [3.63, 3.8) is 0 Å². The maximum absolute atomic E-state index is 15.3. The average Bonchev–Trinajstić information content (AvgIpc) is 2.82. The van der Waals surface area contributed by atoms with Gasteiger partial charge in [0.1, 0.15) is 12.4 Å². The van der Waals surface area contributed by atoms with Gasteiger partial charge in [0.05, 0.1) is 0 Å². The third-order valence-corrected chi connectivity index (χ3v) is 8.23. The van der Waals surface area contributed by atoms with Crippen molar-refractivity contribution in [3.05, 3.63) is 0 Å². The van der Waals surface area contributed by atoms with E-state index in [1.165, 1.54) is 0 Å². The SMILES string of the molecule is CCN1CCN(C(=O)N(CC2CCC(C(N)OC(N)C(F)(F)F)CC2F)C2CCCC(Cl)C2)CC1. The molecule has 0 aromatic carbocycles. The van der Waals surface area contributed by atoms with Gasteiger partial charge < -0.3 is 25.2 Å². The molecule has 7 unspecified atom stereocenters. The molecular formula is C23H40ClF4N5O2. The minimum absolute atomic E-state index is 0.00844. The molecule has 0 aromatic heterocycles. The molecule has 204 valence electrons. The Morgan fingerprint density at radius 2 is 1.80 bits per heavy atom. The number of carbonyl (C=O) groups is 1. The quantitative estimate of drug-likeness (QED) is 0.299. The fourth-order valence-corrected chi connectivity index (χ4v) is 5.89. The smallest absolute Gasteiger partial charge is 0.336 e. The summed E-state index contributed by atoms with van der Waals surface area (Å²) in [5.41, 5.74) is 10.8. The number of amides is 2. The molecular weight excluding hydrogens is 490 g/mol. The van der Waals surface area contributed by atoms with E-state index in [4.69, 9.17) is 27.8 Å². The van der Waals surface area contributed by atoms with E-state index in [2.05, 4.69) is 11.8 Å². The number of hydrogen-bond donors (Lipinski definition) is 2. The van der Waals surface area contributed by atoms with Gasteiger partial charge in [-0.1, -0.05) is 6.92 Å². The van der Waals surface area contributed by atoms with Gasteiger partial charge in [-0.2, -0.15) is 13.2 Å². The molecule has 0 aromatic rings. The van der Waals surface area contributed by atoms with Crippen LogP contribution >= 0.6 is 11.6 Å². The molecule has 2 amide bonds. The Morgan fingerprint density at radius 1 is 1.11 bits per heavy atom. The summed E-state index contributed by atoms with van der Waals surface area (Å²) in [6, 6.07) is -0.106. The first-order chi connectivity index (χ1) is 16.5. The molecule has 3 aliphatic rings. The maximum Gasteiger partial charge on any atom is 0.428 e. The van der Waals surface area contributed by atoms with Gasteiger partial charge in [0.25, 0.3) is 0 Å². The Kier molecular flexibility index (Phi) is 10.3. The van der Waals surface area contributed by atoms with E-state index in [9.17, 15) is 18.0 Å². The van der Waals surface area contributed by atoms with Crippen molar-refractivity contribution in [1.82, 2.24) is 14.7 Å². The van der Waals surface area contributed by atoms with Crippen LogP contribution in [0.1, 0.15) is 51.9 Å². The van der Waals surface area contributed by atoms with Crippen LogP contribution in [0.2, 0.25) is 0 Å². The number of nitrogens with zero attached hydrogens (tertiary/aromatic N) is 3. The van der Waals surface area contributed by atoms with Crippen molar-refractivity contribution >= 4 is 17.6 Å². The van der Waals surface area contributed by atoms with E-state index >= 15 is 4.39 Å². The molecule has 4 N–H and O–H groups in total. The number of urea groups is 1. The van der Waals surface area contributed by atoms with Gasteiger partial charge in [-0.05, 0) is 51.5 Å². The van der Waals surface area contributed by atoms with Crippen LogP contribution in [0.3, 0.4) is 0 Å². The fourth-order valence-electron chi connectivity index (χ4n) is 5.53. The molecule has 1 saturated heterocycles. The summed E-state index contributed by atoms with van der Waals surface area (Å²) in [7, 11) is 0. The zero-order chi connectivity index (χ0) is 25.8. The van der Waals surface area contributed by atoms with Crippen LogP contribution < -0.4 is 11.5 Å². The van der Waals surface area contributed by atoms with Gasteiger partial charge >= 0.3 is 12.2 Å². The van der Waals surface area contributed by atoms with Gasteiger partial charge in [-0.15, -0.1) is 11.6 Å². The molecule has 2 saturated carbocycles. The van der Waals surface area contributed by atoms with Crippen LogP contribution in [-0.2, 0) is 4.74 Å². The highest BCUT2D eigenvalue weighted by molar-refractivity contribution is 6.20. The number of halogens is 5. The van der Waals surface area contributed by atoms with Crippen LogP contribution in [0, 0.1) is 11.8 Å². The molecule has 0 radical (unpaired) electrons. The van der Waals surface area contributed by atoms with Gasteiger partial charge in [0, 0.05) is 56.0 Å². The number of rotatable bonds is 7. The molecule has 12 heteroatoms. The first kappa shape index (κ1) is 28.7. The standard InChI is InChI=1S/C23H40ClF4N5O2/c1-2-31-8-10-32(11-9-31)22(34)33(18-5-3-4-17(24)13-18)14-16-7-6-15(12-19(16)25)20(29)35-21(30)23(26,27)28/h15-21H,2-14,29-30H2,1H3. The maximum atomic E-state index is 15.3. The van der Waals surface area contributed by atoms with E-state index in [1.807, 2.05) is 9.80 Å². The number of carbonyl (C=O) groups excluding carboxylic acids is 1. The topological polar surface area (TPSA) is 88.1 Å². The Morgan fingerprint density at radius 3 is 2.37 bits per heavy atom. The van der Waals surface area contributed by atoms with Crippen molar-refractivity contribution in [2.45, 2.75) is 88.1 Å². The zero-order valence-corrected chi connectivity index (χ0v) is 21.2. The number of ether oxygens (including phenoxy) is 1. The third kappa shape index (κ3) is 7.80. The Labute approximate surface area is 210 Å². The molecule has 3 rings (SSSR count). The molecule has 3 fully saturated rings. The van der Waals surface area contributed by atoms with Crippen molar-refractivity contribution in [2.75, 3.05) is 39.3 Å². The summed E-state index contributed by atoms with van der Waals surface area (Å²) >= 11 is 6.43. The zero-order valence-electron chi connectivity index (χ0n) is 20.4. The predicted octanol–water partition coefficient (Wildman–Crippen LogP) is 3.50. The Hall–Kier alpha value is -0.880. The van der Waals surface area contributed by atoms with Crippen molar-refractivity contribution < 1.29 is 27.1 Å². The summed E-state index contributed by atoms with van der Waals surface area (Å²) in [6.45, 7) is 6.20. The number of nitrogens with two attached hydrogens (primary N) is 2. The highest BCUT2D eigenvalue weighted by atomic mass is 35.5. The van der Waals surface area contributed by atoms with Crippen LogP contribution in [0.25, 0.3) is 0 Å². The van der Waals surface area contributed by atoms with Crippen LogP contribution in [-0.4, -0.2) is 96.2 Å². The largest absolute Gasteiger partial charge is 0.428 e. The van der Waals surface area contributed by atoms with E-state index < -0.39 is 36.6 Å². The monoisotopic (exact) mass is 529 g/mol. The van der Waals surface area contributed by atoms with E-state index in [-0.39, 0.29) is 30.4 Å². The predicted molar refractivity (Wildman–Crippen MR) is 127 cm³/mol. The molecule has 7 nitrogen and oxygen atoms in total. The van der Waals surface area contributed by atoms with E-state index in [1.54, 1.807) is 0 Å². The van der Waals surface area contributed by atoms with E-state index in [0.717, 1.165) is 38.9 Å². The molecule has 0 spiro atoms. The second kappa shape index (κ2) is 12.6. The molecule has 35 heavy (non-hydrogen) atoms. The molecule has 1 heterocycles. The minimum Gasteiger partial charge on any atom is -0.336 e. The highest BCUT2D eigenvalue weighted by Gasteiger charge is 2.43. The fraction of sp³-hybridized carbons (Fsp3) is 0.957. The lowest BCUT2D eigenvalue weighted by Gasteiger charge is -2.44. The third-order valence-electron chi connectivity index (χ3n) is 7.83. The first-order valence-electron chi connectivity index (χ1n) is 12.8. The average molecular weight is 530 g/mol. The van der Waals surface area contributed by atoms with Crippen molar-refractivity contribution in [3.8, 4) is 0 Å². The second-order valence-electron chi connectivity index (χ2n) is 10.2. The lowest BCUT2D eigenvalue weighted by Crippen LogP contribution is -2.57. The van der Waals surface area contributed by atoms with Crippen molar-refractivity contribution in [2.24, 2.45) is 23.3 Å². The van der Waals surface area contributed by atoms with Gasteiger partial charge in [-0.3, -0.25) is 5.73 Å². The second-order valence-corrected chi connectivity index (χ2v) is 10.8. The van der Waals surface area contributed by atoms with Crippen molar-refractivity contribution in [1.29, 1.82) is 0 Å². The normalized spacial score (nSPS) is 32.8. The van der Waals surface area contributed by atoms with Gasteiger partial charge in [0.2, 0.25) is 6.23 Å². The Balaban J connectivity index is 1.62. The lowest BCUT2D eigenvalue weighted by molar-refractivity contribution is -0.237. The summed E-state index contributed by atoms with van der Waals surface area (Å²) in [6.07, 6.45) is -5.66. The van der Waals surface area contributed by atoms with Crippen LogP contribution in [0.15, 0.2) is 0 Å². The first-order valence-corrected chi connectivity index (χ1v) is 13.2. The van der Waals surface area contributed by atoms with Crippen LogP contribution in [0.5, 0.6) is 0 Å². The number of alkyl halides is 5. The molecule has 2 aliphatic carbocycles. The molecule has 1 aliphatic heterocycles. The van der Waals surface area contributed by atoms with Gasteiger partial charge in [-0.25, -0.2) is 9.18 Å².